The summed E-state index contributed by atoms with van der Waals surface area (Å²) in [6.07, 6.45) is 2.03. The van der Waals surface area contributed by atoms with Gasteiger partial charge in [-0.25, -0.2) is 9.97 Å². The number of nitrogens with one attached hydrogen (secondary N) is 1. The number of piperidine rings is 1. The smallest absolute Gasteiger partial charge is 0.366 e. The van der Waals surface area contributed by atoms with E-state index in [4.69, 9.17) is 4.74 Å². The summed E-state index contributed by atoms with van der Waals surface area (Å²) in [6.45, 7) is 7.87. The van der Waals surface area contributed by atoms with Crippen LogP contribution in [-0.4, -0.2) is 50.7 Å². The van der Waals surface area contributed by atoms with Crippen LogP contribution in [0.15, 0.2) is 41.7 Å². The standard InChI is InChI=1S/C28H32F3N5O2S2/c1-4-39-22-6-5-21(32-16-22)15-33-25(37)23-12-19-11-17(2)38-27(24(19)40-23)7-9-36(10-8-27)18(3)20-13-34-26(35-14-20)28(29,30)31/h5-6,12-14,16-18H,4,7-11,15H2,1-3H3,(H,33,37). The largest absolute Gasteiger partial charge is 0.451 e. The molecule has 7 nitrogen and oxygen atoms in total. The van der Waals surface area contributed by atoms with Gasteiger partial charge in [0.15, 0.2) is 0 Å². The van der Waals surface area contributed by atoms with Crippen molar-refractivity contribution in [2.24, 2.45) is 0 Å². The first-order valence-electron chi connectivity index (χ1n) is 13.4. The Hall–Kier alpha value is -2.54. The molecule has 0 aliphatic carbocycles. The first kappa shape index (κ1) is 29.0. The average molecular weight is 592 g/mol. The van der Waals surface area contributed by atoms with E-state index in [0.29, 0.717) is 30.1 Å². The van der Waals surface area contributed by atoms with E-state index in [2.05, 4.69) is 39.0 Å². The molecule has 0 aromatic carbocycles. The molecule has 214 valence electrons. The van der Waals surface area contributed by atoms with Gasteiger partial charge in [0.2, 0.25) is 5.82 Å². The van der Waals surface area contributed by atoms with E-state index < -0.39 is 17.6 Å². The van der Waals surface area contributed by atoms with Crippen molar-refractivity contribution >= 4 is 29.0 Å². The van der Waals surface area contributed by atoms with E-state index in [1.54, 1.807) is 11.8 Å². The van der Waals surface area contributed by atoms with Crippen LogP contribution >= 0.6 is 23.1 Å². The number of thioether (sulfide) groups is 1. The van der Waals surface area contributed by atoms with Crippen molar-refractivity contribution in [3.63, 3.8) is 0 Å². The van der Waals surface area contributed by atoms with Gasteiger partial charge < -0.3 is 10.1 Å². The number of thiophene rings is 1. The van der Waals surface area contributed by atoms with Crippen LogP contribution in [0.1, 0.15) is 76.8 Å². The molecule has 1 spiro atoms. The summed E-state index contributed by atoms with van der Waals surface area (Å²) >= 11 is 3.23. The fourth-order valence-electron chi connectivity index (χ4n) is 5.42. The van der Waals surface area contributed by atoms with Crippen LogP contribution in [0.3, 0.4) is 0 Å². The van der Waals surface area contributed by atoms with Crippen LogP contribution in [0.2, 0.25) is 0 Å². The van der Waals surface area contributed by atoms with E-state index in [0.717, 1.165) is 46.0 Å². The fraction of sp³-hybridized carbons (Fsp3) is 0.500. The Labute approximate surface area is 240 Å². The zero-order valence-electron chi connectivity index (χ0n) is 22.6. The molecular weight excluding hydrogens is 559 g/mol. The molecule has 5 rings (SSSR count). The summed E-state index contributed by atoms with van der Waals surface area (Å²) in [5.74, 6) is -0.268. The van der Waals surface area contributed by atoms with Crippen molar-refractivity contribution in [2.75, 3.05) is 18.8 Å². The van der Waals surface area contributed by atoms with E-state index in [1.165, 1.54) is 23.7 Å². The highest BCUT2D eigenvalue weighted by Crippen LogP contribution is 2.48. The maximum Gasteiger partial charge on any atom is 0.451 e. The Morgan fingerprint density at radius 3 is 2.58 bits per heavy atom. The normalized spacial score (nSPS) is 19.8. The van der Waals surface area contributed by atoms with Crippen LogP contribution in [-0.2, 0) is 29.5 Å². The quantitative estimate of drug-likeness (QED) is 0.337. The number of fused-ring (bicyclic) bond motifs is 2. The molecule has 40 heavy (non-hydrogen) atoms. The monoisotopic (exact) mass is 591 g/mol. The van der Waals surface area contributed by atoms with Gasteiger partial charge in [-0.15, -0.1) is 23.1 Å². The van der Waals surface area contributed by atoms with E-state index >= 15 is 0 Å². The Kier molecular flexibility index (Phi) is 8.51. The maximum atomic E-state index is 13.1. The van der Waals surface area contributed by atoms with Crippen molar-refractivity contribution in [1.82, 2.24) is 25.2 Å². The highest BCUT2D eigenvalue weighted by Gasteiger charge is 2.45. The number of carbonyl (C=O) groups is 1. The summed E-state index contributed by atoms with van der Waals surface area (Å²) in [5, 5.41) is 3.00. The molecule has 3 aromatic heterocycles. The van der Waals surface area contributed by atoms with Crippen LogP contribution in [0.25, 0.3) is 0 Å². The third-order valence-electron chi connectivity index (χ3n) is 7.48. The number of likely N-dealkylation sites (tertiary alicyclic amines) is 1. The lowest BCUT2D eigenvalue weighted by molar-refractivity contribution is -0.145. The van der Waals surface area contributed by atoms with E-state index in [9.17, 15) is 18.0 Å². The number of aromatic nitrogens is 3. The van der Waals surface area contributed by atoms with Crippen molar-refractivity contribution in [2.45, 2.75) is 75.4 Å². The third kappa shape index (κ3) is 6.19. The van der Waals surface area contributed by atoms with Gasteiger partial charge in [-0.3, -0.25) is 14.7 Å². The second-order valence-electron chi connectivity index (χ2n) is 10.2. The van der Waals surface area contributed by atoms with Crippen LogP contribution in [0.5, 0.6) is 0 Å². The van der Waals surface area contributed by atoms with E-state index in [1.807, 2.05) is 31.3 Å². The highest BCUT2D eigenvalue weighted by molar-refractivity contribution is 7.99. The fourth-order valence-corrected chi connectivity index (χ4v) is 7.34. The molecule has 2 atom stereocenters. The van der Waals surface area contributed by atoms with Crippen LogP contribution < -0.4 is 5.32 Å². The first-order valence-corrected chi connectivity index (χ1v) is 15.2. The van der Waals surface area contributed by atoms with Crippen LogP contribution in [0, 0.1) is 0 Å². The molecule has 1 saturated heterocycles. The van der Waals surface area contributed by atoms with Gasteiger partial charge >= 0.3 is 6.18 Å². The molecule has 0 saturated carbocycles. The predicted molar refractivity (Wildman–Crippen MR) is 148 cm³/mol. The van der Waals surface area contributed by atoms with Gasteiger partial charge in [0.1, 0.15) is 5.60 Å². The molecule has 2 unspecified atom stereocenters. The molecule has 3 aromatic rings. The SMILES string of the molecule is CCSc1ccc(CNC(=O)c2cc3c(s2)C2(CCN(C(C)c4cnc(C(F)(F)F)nc4)CC2)OC(C)C3)nc1. The van der Waals surface area contributed by atoms with Gasteiger partial charge in [0.05, 0.1) is 23.2 Å². The Bertz CT molecular complexity index is 1320. The molecule has 2 aliphatic heterocycles. The number of alkyl halides is 3. The maximum absolute atomic E-state index is 13.1. The van der Waals surface area contributed by atoms with Gasteiger partial charge in [-0.05, 0) is 62.6 Å². The molecular formula is C28H32F3N5O2S2. The van der Waals surface area contributed by atoms with E-state index in [-0.39, 0.29) is 18.1 Å². The number of carbonyl (C=O) groups excluding carboxylic acids is 1. The van der Waals surface area contributed by atoms with Gasteiger partial charge in [-0.1, -0.05) is 6.92 Å². The zero-order valence-corrected chi connectivity index (χ0v) is 24.3. The van der Waals surface area contributed by atoms with Crippen molar-refractivity contribution in [1.29, 1.82) is 0 Å². The number of halogens is 3. The van der Waals surface area contributed by atoms with Gasteiger partial charge in [0.25, 0.3) is 5.91 Å². The number of amides is 1. The lowest BCUT2D eigenvalue weighted by Gasteiger charge is -2.47. The van der Waals surface area contributed by atoms with Gasteiger partial charge in [0, 0.05) is 53.1 Å². The summed E-state index contributed by atoms with van der Waals surface area (Å²) < 4.78 is 45.2. The number of nitrogens with zero attached hydrogens (tertiary/aromatic N) is 4. The Morgan fingerprint density at radius 2 is 1.95 bits per heavy atom. The predicted octanol–water partition coefficient (Wildman–Crippen LogP) is 6.01. The number of pyridine rings is 1. The molecule has 2 aliphatic rings. The highest BCUT2D eigenvalue weighted by atomic mass is 32.2. The van der Waals surface area contributed by atoms with Crippen LogP contribution in [0.4, 0.5) is 13.2 Å². The topological polar surface area (TPSA) is 80.2 Å². The van der Waals surface area contributed by atoms with Crippen molar-refractivity contribution < 1.29 is 22.7 Å². The van der Waals surface area contributed by atoms with Crippen molar-refractivity contribution in [3.8, 4) is 0 Å². The minimum Gasteiger partial charge on any atom is -0.366 e. The van der Waals surface area contributed by atoms with Crippen molar-refractivity contribution in [3.05, 3.63) is 69.2 Å². The lowest BCUT2D eigenvalue weighted by atomic mass is 9.83. The minimum atomic E-state index is -4.56. The number of hydrogen-bond donors (Lipinski definition) is 1. The second-order valence-corrected chi connectivity index (χ2v) is 12.6. The lowest BCUT2D eigenvalue weighted by Crippen LogP contribution is -2.48. The second kappa shape index (κ2) is 11.8. The minimum absolute atomic E-state index is 0.0222. The number of hydrogen-bond acceptors (Lipinski definition) is 8. The molecule has 1 fully saturated rings. The summed E-state index contributed by atoms with van der Waals surface area (Å²) in [4.78, 5) is 29.7. The summed E-state index contributed by atoms with van der Waals surface area (Å²) in [7, 11) is 0. The molecule has 0 bridgehead atoms. The van der Waals surface area contributed by atoms with Gasteiger partial charge in [-0.2, -0.15) is 13.2 Å². The summed E-state index contributed by atoms with van der Waals surface area (Å²) in [5.41, 5.74) is 2.14. The third-order valence-corrected chi connectivity index (χ3v) is 9.71. The Morgan fingerprint density at radius 1 is 1.23 bits per heavy atom. The first-order chi connectivity index (χ1) is 19.1. The number of rotatable bonds is 7. The molecule has 1 N–H and O–H groups in total. The molecule has 0 radical (unpaired) electrons. The molecule has 12 heteroatoms. The average Bonchev–Trinajstić information content (AvgIpc) is 3.37. The summed E-state index contributed by atoms with van der Waals surface area (Å²) in [6, 6.07) is 5.83. The molecule has 1 amide bonds. The zero-order chi connectivity index (χ0) is 28.5. The molecule has 5 heterocycles. The Balaban J connectivity index is 1.25. The number of ether oxygens (including phenoxy) is 1.